The van der Waals surface area contributed by atoms with Gasteiger partial charge in [0.25, 0.3) is 0 Å². The molecule has 0 aromatic carbocycles. The molecule has 1 saturated carbocycles. The maximum atomic E-state index is 12.5. The third kappa shape index (κ3) is 3.89. The van der Waals surface area contributed by atoms with Crippen molar-refractivity contribution in [1.82, 2.24) is 19.9 Å². The standard InChI is InChI=1S/C20H27N5O/c26-19(23-17-6-2-1-3-7-17)15-25-13-10-22-20(25)16-8-9-21-18(14-16)24-11-4-5-12-24/h8-10,13-14,17H,1-7,11-12,15H2,(H,23,26). The molecule has 1 aliphatic heterocycles. The van der Waals surface area contributed by atoms with Crippen molar-refractivity contribution in [2.24, 2.45) is 0 Å². The number of aromatic nitrogens is 3. The fraction of sp³-hybridized carbons (Fsp3) is 0.550. The second kappa shape index (κ2) is 7.89. The van der Waals surface area contributed by atoms with Crippen molar-refractivity contribution in [1.29, 1.82) is 0 Å². The van der Waals surface area contributed by atoms with E-state index in [0.717, 1.165) is 43.1 Å². The van der Waals surface area contributed by atoms with Crippen molar-refractivity contribution >= 4 is 11.7 Å². The van der Waals surface area contributed by atoms with Crippen LogP contribution in [-0.4, -0.2) is 39.6 Å². The lowest BCUT2D eigenvalue weighted by Gasteiger charge is -2.23. The molecule has 4 rings (SSSR count). The van der Waals surface area contributed by atoms with Crippen molar-refractivity contribution in [2.45, 2.75) is 57.5 Å². The number of carbonyl (C=O) groups excluding carboxylic acids is 1. The number of carbonyl (C=O) groups is 1. The van der Waals surface area contributed by atoms with Crippen LogP contribution in [0.3, 0.4) is 0 Å². The molecule has 6 heteroatoms. The highest BCUT2D eigenvalue weighted by Crippen LogP contribution is 2.24. The van der Waals surface area contributed by atoms with Gasteiger partial charge < -0.3 is 14.8 Å². The Balaban J connectivity index is 1.46. The van der Waals surface area contributed by atoms with Gasteiger partial charge in [0.15, 0.2) is 0 Å². The summed E-state index contributed by atoms with van der Waals surface area (Å²) < 4.78 is 1.93. The molecule has 0 spiro atoms. The first kappa shape index (κ1) is 17.1. The van der Waals surface area contributed by atoms with Gasteiger partial charge in [-0.1, -0.05) is 19.3 Å². The molecule has 2 aromatic rings. The first-order valence-corrected chi connectivity index (χ1v) is 9.81. The Bertz CT molecular complexity index is 744. The van der Waals surface area contributed by atoms with Crippen LogP contribution in [-0.2, 0) is 11.3 Å². The Morgan fingerprint density at radius 2 is 1.88 bits per heavy atom. The molecule has 2 aliphatic rings. The molecule has 1 saturated heterocycles. The van der Waals surface area contributed by atoms with Crippen molar-refractivity contribution in [2.75, 3.05) is 18.0 Å². The molecule has 0 unspecified atom stereocenters. The van der Waals surface area contributed by atoms with Crippen LogP contribution in [0.5, 0.6) is 0 Å². The number of amides is 1. The van der Waals surface area contributed by atoms with Crippen LogP contribution < -0.4 is 10.2 Å². The normalized spacial score (nSPS) is 18.2. The van der Waals surface area contributed by atoms with E-state index in [1.165, 1.54) is 32.1 Å². The van der Waals surface area contributed by atoms with Gasteiger partial charge in [-0.2, -0.15) is 0 Å². The molecule has 1 amide bonds. The van der Waals surface area contributed by atoms with E-state index in [1.807, 2.05) is 23.0 Å². The molecule has 1 N–H and O–H groups in total. The average molecular weight is 353 g/mol. The smallest absolute Gasteiger partial charge is 0.240 e. The van der Waals surface area contributed by atoms with Crippen molar-refractivity contribution in [3.8, 4) is 11.4 Å². The highest BCUT2D eigenvalue weighted by molar-refractivity contribution is 5.77. The van der Waals surface area contributed by atoms with Gasteiger partial charge in [0.2, 0.25) is 5.91 Å². The highest BCUT2D eigenvalue weighted by Gasteiger charge is 2.18. The first-order chi connectivity index (χ1) is 12.8. The second-order valence-corrected chi connectivity index (χ2v) is 7.38. The van der Waals surface area contributed by atoms with Crippen molar-refractivity contribution < 1.29 is 4.79 Å². The first-order valence-electron chi connectivity index (χ1n) is 9.81. The lowest BCUT2D eigenvalue weighted by atomic mass is 9.95. The minimum Gasteiger partial charge on any atom is -0.357 e. The summed E-state index contributed by atoms with van der Waals surface area (Å²) in [4.78, 5) is 23.8. The van der Waals surface area contributed by atoms with Crippen LogP contribution in [0.2, 0.25) is 0 Å². The van der Waals surface area contributed by atoms with Crippen LogP contribution in [0.4, 0.5) is 5.82 Å². The maximum absolute atomic E-state index is 12.5. The minimum atomic E-state index is 0.0740. The van der Waals surface area contributed by atoms with Crippen molar-refractivity contribution in [3.63, 3.8) is 0 Å². The number of nitrogens with one attached hydrogen (secondary N) is 1. The van der Waals surface area contributed by atoms with E-state index in [4.69, 9.17) is 0 Å². The van der Waals surface area contributed by atoms with Crippen LogP contribution in [0.15, 0.2) is 30.7 Å². The van der Waals surface area contributed by atoms with Gasteiger partial charge in [-0.15, -0.1) is 0 Å². The van der Waals surface area contributed by atoms with Crippen LogP contribution in [0, 0.1) is 0 Å². The van der Waals surface area contributed by atoms with Crippen LogP contribution in [0.25, 0.3) is 11.4 Å². The molecule has 0 atom stereocenters. The molecule has 2 aromatic heterocycles. The summed E-state index contributed by atoms with van der Waals surface area (Å²) in [5.74, 6) is 1.90. The van der Waals surface area contributed by atoms with Crippen LogP contribution in [0.1, 0.15) is 44.9 Å². The third-order valence-corrected chi connectivity index (χ3v) is 5.43. The zero-order valence-electron chi connectivity index (χ0n) is 15.2. The number of rotatable bonds is 5. The molecule has 1 aliphatic carbocycles. The van der Waals surface area contributed by atoms with E-state index >= 15 is 0 Å². The van der Waals surface area contributed by atoms with E-state index in [1.54, 1.807) is 6.20 Å². The molecule has 3 heterocycles. The molecule has 0 bridgehead atoms. The summed E-state index contributed by atoms with van der Waals surface area (Å²) in [6, 6.07) is 4.40. The molecule has 0 radical (unpaired) electrons. The minimum absolute atomic E-state index is 0.0740. The molecule has 6 nitrogen and oxygen atoms in total. The summed E-state index contributed by atoms with van der Waals surface area (Å²) in [6.07, 6.45) is 13.9. The van der Waals surface area contributed by atoms with Gasteiger partial charge >= 0.3 is 0 Å². The number of hydrogen-bond acceptors (Lipinski definition) is 4. The zero-order chi connectivity index (χ0) is 17.8. The van der Waals surface area contributed by atoms with Crippen molar-refractivity contribution in [3.05, 3.63) is 30.7 Å². The fourth-order valence-corrected chi connectivity index (χ4v) is 4.05. The van der Waals surface area contributed by atoms with E-state index in [9.17, 15) is 4.79 Å². The lowest BCUT2D eigenvalue weighted by molar-refractivity contribution is -0.122. The predicted octanol–water partition coefficient (Wildman–Crippen LogP) is 2.99. The molecule has 138 valence electrons. The van der Waals surface area contributed by atoms with E-state index in [2.05, 4.69) is 26.3 Å². The highest BCUT2D eigenvalue weighted by atomic mass is 16.2. The summed E-state index contributed by atoms with van der Waals surface area (Å²) in [6.45, 7) is 2.44. The van der Waals surface area contributed by atoms with E-state index in [0.29, 0.717) is 12.6 Å². The second-order valence-electron chi connectivity index (χ2n) is 7.38. The maximum Gasteiger partial charge on any atom is 0.240 e. The van der Waals surface area contributed by atoms with Crippen LogP contribution >= 0.6 is 0 Å². The topological polar surface area (TPSA) is 63.1 Å². The van der Waals surface area contributed by atoms with E-state index in [-0.39, 0.29) is 5.91 Å². The summed E-state index contributed by atoms with van der Waals surface area (Å²) in [7, 11) is 0. The number of anilines is 1. The Labute approximate surface area is 154 Å². The lowest BCUT2D eigenvalue weighted by Crippen LogP contribution is -2.38. The Hall–Kier alpha value is -2.37. The largest absolute Gasteiger partial charge is 0.357 e. The van der Waals surface area contributed by atoms with Gasteiger partial charge in [-0.25, -0.2) is 9.97 Å². The Kier molecular flexibility index (Phi) is 5.18. The average Bonchev–Trinajstić information content (AvgIpc) is 3.35. The number of pyridine rings is 1. The monoisotopic (exact) mass is 353 g/mol. The molecule has 2 fully saturated rings. The van der Waals surface area contributed by atoms with E-state index < -0.39 is 0 Å². The van der Waals surface area contributed by atoms with Gasteiger partial charge in [-0.05, 0) is 37.8 Å². The molecule has 26 heavy (non-hydrogen) atoms. The summed E-state index contributed by atoms with van der Waals surface area (Å²) in [5.41, 5.74) is 1.01. The van der Waals surface area contributed by atoms with Gasteiger partial charge in [0.1, 0.15) is 18.2 Å². The van der Waals surface area contributed by atoms with Gasteiger partial charge in [0, 0.05) is 43.3 Å². The SMILES string of the molecule is O=C(Cn1ccnc1-c1ccnc(N2CCCC2)c1)NC1CCCCC1. The molecular formula is C20H27N5O. The number of hydrogen-bond donors (Lipinski definition) is 1. The molecular weight excluding hydrogens is 326 g/mol. The van der Waals surface area contributed by atoms with Gasteiger partial charge in [0.05, 0.1) is 0 Å². The predicted molar refractivity (Wildman–Crippen MR) is 102 cm³/mol. The third-order valence-electron chi connectivity index (χ3n) is 5.43. The summed E-state index contributed by atoms with van der Waals surface area (Å²) in [5, 5.41) is 3.18. The Morgan fingerprint density at radius 3 is 2.69 bits per heavy atom. The number of nitrogens with zero attached hydrogens (tertiary/aromatic N) is 4. The quantitative estimate of drug-likeness (QED) is 0.897. The zero-order valence-corrected chi connectivity index (χ0v) is 15.2. The number of imidazole rings is 1. The fourth-order valence-electron chi connectivity index (χ4n) is 4.05. The Morgan fingerprint density at radius 1 is 1.08 bits per heavy atom. The summed E-state index contributed by atoms with van der Waals surface area (Å²) >= 11 is 0. The van der Waals surface area contributed by atoms with Gasteiger partial charge in [-0.3, -0.25) is 4.79 Å².